The summed E-state index contributed by atoms with van der Waals surface area (Å²) in [5, 5.41) is 13.0. The second kappa shape index (κ2) is 4.48. The van der Waals surface area contributed by atoms with Gasteiger partial charge in [-0.25, -0.2) is 4.79 Å². The van der Waals surface area contributed by atoms with Gasteiger partial charge in [0, 0.05) is 18.6 Å². The van der Waals surface area contributed by atoms with Crippen molar-refractivity contribution in [2.75, 3.05) is 6.54 Å². The lowest BCUT2D eigenvalue weighted by Gasteiger charge is -2.47. The quantitative estimate of drug-likeness (QED) is 0.778. The summed E-state index contributed by atoms with van der Waals surface area (Å²) in [4.78, 5) is 13.0. The summed E-state index contributed by atoms with van der Waals surface area (Å²) in [6.45, 7) is 7.10. The Morgan fingerprint density at radius 2 is 1.94 bits per heavy atom. The van der Waals surface area contributed by atoms with Gasteiger partial charge in [0.25, 0.3) is 0 Å². The van der Waals surface area contributed by atoms with Crippen molar-refractivity contribution in [3.8, 4) is 0 Å². The molecule has 1 amide bonds. The summed E-state index contributed by atoms with van der Waals surface area (Å²) in [6.07, 6.45) is 3.80. The van der Waals surface area contributed by atoms with Crippen LogP contribution in [0.5, 0.6) is 0 Å². The standard InChI is InChI=1S/C13H24N2O2/c1-13(2,3)11-10(14-9-6-7-9)5-4-8-15(11)12(16)17/h9-11,14H,4-8H2,1-3H3,(H,16,17). The number of nitrogens with zero attached hydrogens (tertiary/aromatic N) is 1. The molecule has 1 aliphatic carbocycles. The number of piperidine rings is 1. The van der Waals surface area contributed by atoms with E-state index in [-0.39, 0.29) is 11.5 Å². The molecule has 17 heavy (non-hydrogen) atoms. The highest BCUT2D eigenvalue weighted by Gasteiger charge is 2.43. The summed E-state index contributed by atoms with van der Waals surface area (Å²) in [7, 11) is 0. The molecule has 4 heteroatoms. The van der Waals surface area contributed by atoms with Crippen LogP contribution in [-0.4, -0.2) is 40.8 Å². The smallest absolute Gasteiger partial charge is 0.407 e. The van der Waals surface area contributed by atoms with Crippen molar-refractivity contribution in [2.24, 2.45) is 5.41 Å². The van der Waals surface area contributed by atoms with Crippen molar-refractivity contribution in [1.29, 1.82) is 0 Å². The number of nitrogens with one attached hydrogen (secondary N) is 1. The lowest BCUT2D eigenvalue weighted by molar-refractivity contribution is 0.0371. The van der Waals surface area contributed by atoms with Gasteiger partial charge in [-0.3, -0.25) is 0 Å². The molecule has 98 valence electrons. The van der Waals surface area contributed by atoms with E-state index in [4.69, 9.17) is 0 Å². The van der Waals surface area contributed by atoms with E-state index < -0.39 is 6.09 Å². The van der Waals surface area contributed by atoms with Crippen molar-refractivity contribution in [1.82, 2.24) is 10.2 Å². The monoisotopic (exact) mass is 240 g/mol. The van der Waals surface area contributed by atoms with Gasteiger partial charge >= 0.3 is 6.09 Å². The van der Waals surface area contributed by atoms with Crippen LogP contribution < -0.4 is 5.32 Å². The van der Waals surface area contributed by atoms with Crippen LogP contribution >= 0.6 is 0 Å². The van der Waals surface area contributed by atoms with E-state index >= 15 is 0 Å². The highest BCUT2D eigenvalue weighted by atomic mass is 16.4. The number of amides is 1. The predicted molar refractivity (Wildman–Crippen MR) is 67.2 cm³/mol. The molecule has 4 nitrogen and oxygen atoms in total. The molecule has 1 saturated heterocycles. The van der Waals surface area contributed by atoms with E-state index in [0.717, 1.165) is 12.8 Å². The summed E-state index contributed by atoms with van der Waals surface area (Å²) in [5.74, 6) is 0. The van der Waals surface area contributed by atoms with Gasteiger partial charge in [-0.05, 0) is 31.1 Å². The Morgan fingerprint density at radius 1 is 1.29 bits per heavy atom. The maximum Gasteiger partial charge on any atom is 0.407 e. The molecule has 2 fully saturated rings. The maximum atomic E-state index is 11.4. The van der Waals surface area contributed by atoms with E-state index in [2.05, 4.69) is 26.1 Å². The van der Waals surface area contributed by atoms with Gasteiger partial charge in [-0.2, -0.15) is 0 Å². The van der Waals surface area contributed by atoms with Crippen molar-refractivity contribution in [3.63, 3.8) is 0 Å². The second-order valence-corrected chi connectivity index (χ2v) is 6.48. The molecule has 0 aromatic rings. The minimum absolute atomic E-state index is 0.00856. The topological polar surface area (TPSA) is 52.6 Å². The first-order valence-corrected chi connectivity index (χ1v) is 6.65. The molecule has 2 rings (SSSR count). The molecule has 2 aliphatic rings. The third-order valence-corrected chi connectivity index (χ3v) is 3.79. The van der Waals surface area contributed by atoms with E-state index in [1.165, 1.54) is 12.8 Å². The van der Waals surface area contributed by atoms with Crippen LogP contribution in [0.2, 0.25) is 0 Å². The first-order chi connectivity index (χ1) is 7.89. The van der Waals surface area contributed by atoms with Crippen molar-refractivity contribution in [2.45, 2.75) is 64.6 Å². The molecular weight excluding hydrogens is 216 g/mol. The zero-order valence-electron chi connectivity index (χ0n) is 11.1. The average Bonchev–Trinajstić information content (AvgIpc) is 2.99. The normalized spacial score (nSPS) is 30.4. The fourth-order valence-corrected chi connectivity index (χ4v) is 3.01. The number of hydrogen-bond donors (Lipinski definition) is 2. The Hall–Kier alpha value is -0.770. The van der Waals surface area contributed by atoms with Gasteiger partial charge in [0.2, 0.25) is 0 Å². The molecule has 0 aromatic heterocycles. The molecular formula is C13H24N2O2. The maximum absolute atomic E-state index is 11.4. The summed E-state index contributed by atoms with van der Waals surface area (Å²) < 4.78 is 0. The van der Waals surface area contributed by atoms with Crippen LogP contribution in [0.1, 0.15) is 46.5 Å². The molecule has 0 radical (unpaired) electrons. The molecule has 2 atom stereocenters. The van der Waals surface area contributed by atoms with Crippen molar-refractivity contribution in [3.05, 3.63) is 0 Å². The zero-order valence-corrected chi connectivity index (χ0v) is 11.1. The largest absolute Gasteiger partial charge is 0.465 e. The number of rotatable bonds is 2. The highest BCUT2D eigenvalue weighted by Crippen LogP contribution is 2.34. The number of hydrogen-bond acceptors (Lipinski definition) is 2. The van der Waals surface area contributed by atoms with Gasteiger partial charge < -0.3 is 15.3 Å². The van der Waals surface area contributed by atoms with Crippen LogP contribution in [0.3, 0.4) is 0 Å². The fourth-order valence-electron chi connectivity index (χ4n) is 3.01. The molecule has 1 saturated carbocycles. The van der Waals surface area contributed by atoms with Crippen molar-refractivity contribution < 1.29 is 9.90 Å². The van der Waals surface area contributed by atoms with E-state index in [0.29, 0.717) is 18.6 Å². The zero-order chi connectivity index (χ0) is 12.6. The van der Waals surface area contributed by atoms with Gasteiger partial charge in [0.15, 0.2) is 0 Å². The Kier molecular flexibility index (Phi) is 3.34. The van der Waals surface area contributed by atoms with Crippen LogP contribution in [0, 0.1) is 5.41 Å². The van der Waals surface area contributed by atoms with Crippen LogP contribution in [0.15, 0.2) is 0 Å². The highest BCUT2D eigenvalue weighted by molar-refractivity contribution is 5.66. The molecule has 2 unspecified atom stereocenters. The van der Waals surface area contributed by atoms with Gasteiger partial charge in [-0.15, -0.1) is 0 Å². The summed E-state index contributed by atoms with van der Waals surface area (Å²) in [5.41, 5.74) is -0.00856. The second-order valence-electron chi connectivity index (χ2n) is 6.48. The number of likely N-dealkylation sites (tertiary alicyclic amines) is 1. The third-order valence-electron chi connectivity index (χ3n) is 3.79. The number of carbonyl (C=O) groups is 1. The average molecular weight is 240 g/mol. The minimum atomic E-state index is -0.771. The molecule has 1 heterocycles. The molecule has 0 spiro atoms. The SMILES string of the molecule is CC(C)(C)C1C(NC2CC2)CCCN1C(=O)O. The Labute approximate surface area is 103 Å². The van der Waals surface area contributed by atoms with Crippen molar-refractivity contribution >= 4 is 6.09 Å². The van der Waals surface area contributed by atoms with E-state index in [1.54, 1.807) is 4.90 Å². The predicted octanol–water partition coefficient (Wildman–Crippen LogP) is 2.30. The first kappa shape index (κ1) is 12.7. The molecule has 2 N–H and O–H groups in total. The van der Waals surface area contributed by atoms with E-state index in [1.807, 2.05) is 0 Å². The van der Waals surface area contributed by atoms with Gasteiger partial charge in [0.05, 0.1) is 6.04 Å². The lowest BCUT2D eigenvalue weighted by atomic mass is 9.77. The first-order valence-electron chi connectivity index (χ1n) is 6.65. The van der Waals surface area contributed by atoms with Gasteiger partial charge in [0.1, 0.15) is 0 Å². The summed E-state index contributed by atoms with van der Waals surface area (Å²) >= 11 is 0. The Bertz CT molecular complexity index is 294. The van der Waals surface area contributed by atoms with Crippen LogP contribution in [0.25, 0.3) is 0 Å². The van der Waals surface area contributed by atoms with Gasteiger partial charge in [-0.1, -0.05) is 20.8 Å². The lowest BCUT2D eigenvalue weighted by Crippen LogP contribution is -2.61. The minimum Gasteiger partial charge on any atom is -0.465 e. The molecule has 0 bridgehead atoms. The molecule has 1 aliphatic heterocycles. The third kappa shape index (κ3) is 2.92. The van der Waals surface area contributed by atoms with Crippen LogP contribution in [-0.2, 0) is 0 Å². The van der Waals surface area contributed by atoms with E-state index in [9.17, 15) is 9.90 Å². The Morgan fingerprint density at radius 3 is 2.41 bits per heavy atom. The molecule has 0 aromatic carbocycles. The number of carboxylic acid groups (broad SMARTS) is 1. The Balaban J connectivity index is 2.14. The summed E-state index contributed by atoms with van der Waals surface area (Å²) in [6, 6.07) is 1.06. The van der Waals surface area contributed by atoms with Crippen LogP contribution in [0.4, 0.5) is 4.79 Å². The fraction of sp³-hybridized carbons (Fsp3) is 0.923.